The molecule has 3 aliphatic rings. The number of aromatic nitrogens is 3. The van der Waals surface area contributed by atoms with E-state index < -0.39 is 5.92 Å². The third-order valence-corrected chi connectivity index (χ3v) is 8.33. The predicted octanol–water partition coefficient (Wildman–Crippen LogP) is 3.29. The van der Waals surface area contributed by atoms with E-state index in [1.807, 2.05) is 57.8 Å². The van der Waals surface area contributed by atoms with Gasteiger partial charge in [-0.3, -0.25) is 9.59 Å². The average Bonchev–Trinajstić information content (AvgIpc) is 3.42. The summed E-state index contributed by atoms with van der Waals surface area (Å²) >= 11 is 0. The molecule has 0 unspecified atom stereocenters. The van der Waals surface area contributed by atoms with Crippen LogP contribution in [0.5, 0.6) is 0 Å². The Morgan fingerprint density at radius 1 is 1.00 bits per heavy atom. The van der Waals surface area contributed by atoms with E-state index in [1.54, 1.807) is 16.7 Å². The first-order valence-electron chi connectivity index (χ1n) is 13.6. The Morgan fingerprint density at radius 2 is 1.68 bits per heavy atom. The van der Waals surface area contributed by atoms with Gasteiger partial charge in [0.05, 0.1) is 17.8 Å². The molecule has 10 heteroatoms. The monoisotopic (exact) mass is 521 g/mol. The number of rotatable bonds is 6. The van der Waals surface area contributed by atoms with Crippen LogP contribution in [0.2, 0.25) is 0 Å². The second-order valence-corrected chi connectivity index (χ2v) is 11.6. The Labute approximate surface area is 224 Å². The largest absolute Gasteiger partial charge is 0.341 e. The number of likely N-dealkylation sites (tertiary alicyclic amines) is 2. The lowest BCUT2D eigenvalue weighted by Crippen LogP contribution is -2.54. The molecule has 1 aromatic carbocycles. The van der Waals surface area contributed by atoms with Crippen molar-refractivity contribution in [3.63, 3.8) is 0 Å². The second-order valence-electron chi connectivity index (χ2n) is 11.6. The van der Waals surface area contributed by atoms with Crippen LogP contribution in [0.1, 0.15) is 74.3 Å². The van der Waals surface area contributed by atoms with Crippen LogP contribution in [-0.4, -0.2) is 86.6 Å². The lowest BCUT2D eigenvalue weighted by atomic mass is 9.93. The van der Waals surface area contributed by atoms with Crippen molar-refractivity contribution in [3.8, 4) is 0 Å². The van der Waals surface area contributed by atoms with Gasteiger partial charge >= 0.3 is 6.03 Å². The van der Waals surface area contributed by atoms with Gasteiger partial charge in [0, 0.05) is 57.9 Å². The molecular formula is C28H39N7O3. The fraction of sp³-hybridized carbons (Fsp3) is 0.607. The zero-order chi connectivity index (χ0) is 27.3. The molecule has 0 spiro atoms. The third kappa shape index (κ3) is 4.88. The predicted molar refractivity (Wildman–Crippen MR) is 144 cm³/mol. The number of carbonyl (C=O) groups is 3. The molecule has 3 fully saturated rings. The quantitative estimate of drug-likeness (QED) is 0.628. The SMILES string of the molecule is CC(=O)N1C[C@H](C(=O)Nc2ccc(C)cc2C)[C@@H](c2nnc(C3CN(C(=O)N(C)C(C)C)C3)n2C2CC2)C1. The molecule has 3 heterocycles. The first kappa shape index (κ1) is 26.2. The summed E-state index contributed by atoms with van der Waals surface area (Å²) in [6.45, 7) is 11.6. The summed E-state index contributed by atoms with van der Waals surface area (Å²) in [6, 6.07) is 6.45. The van der Waals surface area contributed by atoms with E-state index in [1.165, 1.54) is 0 Å². The molecule has 4 amide bonds. The Balaban J connectivity index is 1.38. The molecule has 1 saturated carbocycles. The van der Waals surface area contributed by atoms with Crippen molar-refractivity contribution >= 4 is 23.5 Å². The number of urea groups is 1. The molecule has 1 aliphatic carbocycles. The fourth-order valence-corrected chi connectivity index (χ4v) is 5.56. The number of hydrogen-bond acceptors (Lipinski definition) is 5. The normalized spacial score (nSPS) is 21.6. The maximum absolute atomic E-state index is 13.6. The van der Waals surface area contributed by atoms with Crippen LogP contribution in [0.3, 0.4) is 0 Å². The summed E-state index contributed by atoms with van der Waals surface area (Å²) in [5.74, 6) is 0.996. The van der Waals surface area contributed by atoms with Gasteiger partial charge in [0.1, 0.15) is 11.6 Å². The summed E-state index contributed by atoms with van der Waals surface area (Å²) < 4.78 is 2.23. The Kier molecular flexibility index (Phi) is 6.92. The number of anilines is 1. The highest BCUT2D eigenvalue weighted by Crippen LogP contribution is 2.43. The molecule has 5 rings (SSSR count). The van der Waals surface area contributed by atoms with Gasteiger partial charge in [-0.2, -0.15) is 0 Å². The minimum Gasteiger partial charge on any atom is -0.341 e. The van der Waals surface area contributed by atoms with E-state index in [0.717, 1.165) is 41.3 Å². The molecule has 0 bridgehead atoms. The highest BCUT2D eigenvalue weighted by molar-refractivity contribution is 5.94. The number of hydrogen-bond donors (Lipinski definition) is 1. The minimum atomic E-state index is -0.423. The van der Waals surface area contributed by atoms with Gasteiger partial charge in [0.2, 0.25) is 11.8 Å². The van der Waals surface area contributed by atoms with Crippen molar-refractivity contribution in [1.29, 1.82) is 0 Å². The van der Waals surface area contributed by atoms with Gasteiger partial charge in [-0.25, -0.2) is 4.79 Å². The van der Waals surface area contributed by atoms with E-state index in [0.29, 0.717) is 32.2 Å². The second kappa shape index (κ2) is 10.0. The number of amides is 4. The highest BCUT2D eigenvalue weighted by Gasteiger charge is 2.46. The summed E-state index contributed by atoms with van der Waals surface area (Å²) in [6.07, 6.45) is 2.10. The molecule has 1 aromatic heterocycles. The standard InChI is InChI=1S/C28H39N7O3/c1-16(2)32(6)28(38)34-12-20(13-34)25-30-31-26(35(25)21-8-9-21)22-14-33(19(5)36)15-23(22)27(37)29-24-10-7-17(3)11-18(24)4/h7,10-11,16,20-23H,8-9,12-15H2,1-6H3,(H,29,37)/t22-,23-/m0/s1. The molecule has 2 atom stereocenters. The van der Waals surface area contributed by atoms with Crippen molar-refractivity contribution in [3.05, 3.63) is 41.0 Å². The molecule has 10 nitrogen and oxygen atoms in total. The summed E-state index contributed by atoms with van der Waals surface area (Å²) in [4.78, 5) is 44.0. The first-order chi connectivity index (χ1) is 18.0. The van der Waals surface area contributed by atoms with Crippen molar-refractivity contribution in [2.75, 3.05) is 38.5 Å². The van der Waals surface area contributed by atoms with Gasteiger partial charge in [-0.1, -0.05) is 17.7 Å². The number of nitrogens with zero attached hydrogens (tertiary/aromatic N) is 6. The van der Waals surface area contributed by atoms with Crippen LogP contribution >= 0.6 is 0 Å². The number of benzene rings is 1. The molecular weight excluding hydrogens is 482 g/mol. The van der Waals surface area contributed by atoms with Gasteiger partial charge in [0.25, 0.3) is 0 Å². The lowest BCUT2D eigenvalue weighted by Gasteiger charge is -2.41. The summed E-state index contributed by atoms with van der Waals surface area (Å²) in [5, 5.41) is 12.4. The van der Waals surface area contributed by atoms with E-state index >= 15 is 0 Å². The van der Waals surface area contributed by atoms with Crippen LogP contribution in [0.25, 0.3) is 0 Å². The molecule has 2 aromatic rings. The van der Waals surface area contributed by atoms with Crippen molar-refractivity contribution in [2.45, 2.75) is 71.4 Å². The Hall–Kier alpha value is -3.43. The molecule has 38 heavy (non-hydrogen) atoms. The summed E-state index contributed by atoms with van der Waals surface area (Å²) in [7, 11) is 1.83. The minimum absolute atomic E-state index is 0.0324. The maximum Gasteiger partial charge on any atom is 0.320 e. The van der Waals surface area contributed by atoms with Crippen LogP contribution in [0.4, 0.5) is 10.5 Å². The number of nitrogens with one attached hydrogen (secondary N) is 1. The highest BCUT2D eigenvalue weighted by atomic mass is 16.2. The molecule has 0 radical (unpaired) electrons. The van der Waals surface area contributed by atoms with Crippen molar-refractivity contribution in [1.82, 2.24) is 29.5 Å². The zero-order valence-electron chi connectivity index (χ0n) is 23.3. The van der Waals surface area contributed by atoms with E-state index in [2.05, 4.69) is 20.1 Å². The number of carbonyl (C=O) groups excluding carboxylic acids is 3. The maximum atomic E-state index is 13.6. The molecule has 1 N–H and O–H groups in total. The smallest absolute Gasteiger partial charge is 0.320 e. The molecule has 204 valence electrons. The van der Waals surface area contributed by atoms with Gasteiger partial charge in [-0.15, -0.1) is 10.2 Å². The topological polar surface area (TPSA) is 104 Å². The first-order valence-corrected chi connectivity index (χ1v) is 13.6. The summed E-state index contributed by atoms with van der Waals surface area (Å²) in [5.41, 5.74) is 2.93. The van der Waals surface area contributed by atoms with Crippen LogP contribution in [-0.2, 0) is 9.59 Å². The Morgan fingerprint density at radius 3 is 2.29 bits per heavy atom. The van der Waals surface area contributed by atoms with Crippen LogP contribution < -0.4 is 5.32 Å². The average molecular weight is 522 g/mol. The van der Waals surface area contributed by atoms with Gasteiger partial charge in [0.15, 0.2) is 0 Å². The third-order valence-electron chi connectivity index (χ3n) is 8.33. The molecule has 2 saturated heterocycles. The van der Waals surface area contributed by atoms with Gasteiger partial charge in [-0.05, 0) is 52.2 Å². The van der Waals surface area contributed by atoms with Crippen molar-refractivity contribution in [2.24, 2.45) is 5.92 Å². The lowest BCUT2D eigenvalue weighted by molar-refractivity contribution is -0.128. The van der Waals surface area contributed by atoms with Gasteiger partial charge < -0.3 is 24.6 Å². The van der Waals surface area contributed by atoms with E-state index in [9.17, 15) is 14.4 Å². The van der Waals surface area contributed by atoms with Crippen molar-refractivity contribution < 1.29 is 14.4 Å². The zero-order valence-corrected chi connectivity index (χ0v) is 23.3. The van der Waals surface area contributed by atoms with E-state index in [-0.39, 0.29) is 35.7 Å². The Bertz CT molecular complexity index is 1250. The van der Waals surface area contributed by atoms with Crippen LogP contribution in [0, 0.1) is 19.8 Å². The number of aryl methyl sites for hydroxylation is 2. The fourth-order valence-electron chi connectivity index (χ4n) is 5.56. The van der Waals surface area contributed by atoms with E-state index in [4.69, 9.17) is 0 Å². The molecule has 2 aliphatic heterocycles. The van der Waals surface area contributed by atoms with Crippen LogP contribution in [0.15, 0.2) is 18.2 Å².